The first-order valence-electron chi connectivity index (χ1n) is 4.25. The SMILES string of the molecule is CCCCOC(=O)C=CCCO. The van der Waals surface area contributed by atoms with Gasteiger partial charge in [-0.1, -0.05) is 19.4 Å². The van der Waals surface area contributed by atoms with Crippen molar-refractivity contribution in [2.75, 3.05) is 13.2 Å². The molecule has 0 aliphatic rings. The number of aliphatic hydroxyl groups excluding tert-OH is 1. The third-order valence-electron chi connectivity index (χ3n) is 1.29. The van der Waals surface area contributed by atoms with Crippen molar-refractivity contribution in [2.45, 2.75) is 26.2 Å². The standard InChI is InChI=1S/C9H16O3/c1-2-3-8-12-9(11)6-4-5-7-10/h4,6,10H,2-3,5,7-8H2,1H3. The van der Waals surface area contributed by atoms with Crippen molar-refractivity contribution in [3.8, 4) is 0 Å². The van der Waals surface area contributed by atoms with Crippen molar-refractivity contribution >= 4 is 5.97 Å². The number of hydrogen-bond acceptors (Lipinski definition) is 3. The van der Waals surface area contributed by atoms with Crippen molar-refractivity contribution in [1.29, 1.82) is 0 Å². The highest BCUT2D eigenvalue weighted by Gasteiger charge is 1.93. The summed E-state index contributed by atoms with van der Waals surface area (Å²) in [6.07, 6.45) is 5.39. The summed E-state index contributed by atoms with van der Waals surface area (Å²) >= 11 is 0. The number of rotatable bonds is 6. The molecule has 70 valence electrons. The van der Waals surface area contributed by atoms with Gasteiger partial charge in [-0.25, -0.2) is 4.79 Å². The van der Waals surface area contributed by atoms with Gasteiger partial charge in [-0.3, -0.25) is 0 Å². The highest BCUT2D eigenvalue weighted by atomic mass is 16.5. The summed E-state index contributed by atoms with van der Waals surface area (Å²) in [7, 11) is 0. The smallest absolute Gasteiger partial charge is 0.330 e. The van der Waals surface area contributed by atoms with E-state index in [4.69, 9.17) is 9.84 Å². The van der Waals surface area contributed by atoms with Crippen molar-refractivity contribution in [2.24, 2.45) is 0 Å². The zero-order valence-corrected chi connectivity index (χ0v) is 7.45. The van der Waals surface area contributed by atoms with Crippen LogP contribution in [0.3, 0.4) is 0 Å². The van der Waals surface area contributed by atoms with Crippen molar-refractivity contribution in [1.82, 2.24) is 0 Å². The molecule has 0 amide bonds. The minimum atomic E-state index is -0.322. The van der Waals surface area contributed by atoms with Crippen LogP contribution in [0.1, 0.15) is 26.2 Å². The van der Waals surface area contributed by atoms with Crippen LogP contribution < -0.4 is 0 Å². The summed E-state index contributed by atoms with van der Waals surface area (Å²) in [6.45, 7) is 2.59. The first kappa shape index (κ1) is 11.2. The van der Waals surface area contributed by atoms with Gasteiger partial charge in [0.15, 0.2) is 0 Å². The van der Waals surface area contributed by atoms with Crippen LogP contribution in [-0.2, 0) is 9.53 Å². The Morgan fingerprint density at radius 1 is 1.58 bits per heavy atom. The van der Waals surface area contributed by atoms with Crippen LogP contribution in [0.4, 0.5) is 0 Å². The molecule has 0 aliphatic carbocycles. The summed E-state index contributed by atoms with van der Waals surface area (Å²) in [5.74, 6) is -0.322. The van der Waals surface area contributed by atoms with Gasteiger partial charge in [0.05, 0.1) is 6.61 Å². The number of aliphatic hydroxyl groups is 1. The van der Waals surface area contributed by atoms with Crippen LogP contribution in [0, 0.1) is 0 Å². The lowest BCUT2D eigenvalue weighted by Crippen LogP contribution is -2.01. The summed E-state index contributed by atoms with van der Waals surface area (Å²) in [6, 6.07) is 0. The Morgan fingerprint density at radius 3 is 2.92 bits per heavy atom. The number of carbonyl (C=O) groups is 1. The maximum atomic E-state index is 10.8. The van der Waals surface area contributed by atoms with Gasteiger partial charge < -0.3 is 9.84 Å². The predicted octanol–water partition coefficient (Wildman–Crippen LogP) is 1.27. The van der Waals surface area contributed by atoms with Crippen LogP contribution in [-0.4, -0.2) is 24.3 Å². The second-order valence-corrected chi connectivity index (χ2v) is 2.44. The van der Waals surface area contributed by atoms with Crippen molar-refractivity contribution in [3.05, 3.63) is 12.2 Å². The van der Waals surface area contributed by atoms with Crippen LogP contribution in [0.5, 0.6) is 0 Å². The first-order valence-corrected chi connectivity index (χ1v) is 4.25. The molecule has 0 aliphatic heterocycles. The lowest BCUT2D eigenvalue weighted by Gasteiger charge is -1.98. The molecule has 0 saturated heterocycles. The number of ether oxygens (including phenoxy) is 1. The first-order chi connectivity index (χ1) is 5.81. The third kappa shape index (κ3) is 7.28. The fourth-order valence-electron chi connectivity index (χ4n) is 0.619. The summed E-state index contributed by atoms with van der Waals surface area (Å²) in [4.78, 5) is 10.8. The molecule has 0 heterocycles. The number of esters is 1. The molecule has 0 aromatic carbocycles. The van der Waals surface area contributed by atoms with E-state index in [1.54, 1.807) is 6.08 Å². The van der Waals surface area contributed by atoms with E-state index in [2.05, 4.69) is 0 Å². The average Bonchev–Trinajstić information content (AvgIpc) is 2.06. The summed E-state index contributed by atoms with van der Waals surface area (Å²) < 4.78 is 4.82. The maximum absolute atomic E-state index is 10.8. The van der Waals surface area contributed by atoms with Crippen molar-refractivity contribution < 1.29 is 14.6 Å². The van der Waals surface area contributed by atoms with Gasteiger partial charge in [0, 0.05) is 12.7 Å². The normalized spacial score (nSPS) is 10.5. The average molecular weight is 172 g/mol. The molecule has 0 aromatic heterocycles. The van der Waals surface area contributed by atoms with Gasteiger partial charge in [-0.2, -0.15) is 0 Å². The van der Waals surface area contributed by atoms with E-state index in [1.807, 2.05) is 6.92 Å². The molecular weight excluding hydrogens is 156 g/mol. The van der Waals surface area contributed by atoms with Gasteiger partial charge in [-0.05, 0) is 12.8 Å². The topological polar surface area (TPSA) is 46.5 Å². The molecule has 0 bridgehead atoms. The minimum Gasteiger partial charge on any atom is -0.463 e. The highest BCUT2D eigenvalue weighted by Crippen LogP contribution is 1.90. The van der Waals surface area contributed by atoms with E-state index in [0.717, 1.165) is 12.8 Å². The molecule has 12 heavy (non-hydrogen) atoms. The minimum absolute atomic E-state index is 0.0682. The number of unbranched alkanes of at least 4 members (excludes halogenated alkanes) is 1. The van der Waals surface area contributed by atoms with E-state index in [1.165, 1.54) is 6.08 Å². The molecule has 0 rings (SSSR count). The fourth-order valence-corrected chi connectivity index (χ4v) is 0.619. The summed E-state index contributed by atoms with van der Waals surface area (Å²) in [5, 5.41) is 8.39. The van der Waals surface area contributed by atoms with Gasteiger partial charge in [0.25, 0.3) is 0 Å². The quantitative estimate of drug-likeness (QED) is 0.373. The largest absolute Gasteiger partial charge is 0.463 e. The van der Waals surface area contributed by atoms with Gasteiger partial charge >= 0.3 is 5.97 Å². The molecule has 0 saturated carbocycles. The zero-order valence-electron chi connectivity index (χ0n) is 7.45. The Hall–Kier alpha value is -0.830. The highest BCUT2D eigenvalue weighted by molar-refractivity contribution is 5.81. The van der Waals surface area contributed by atoms with Crippen molar-refractivity contribution in [3.63, 3.8) is 0 Å². The molecule has 1 N–H and O–H groups in total. The molecule has 0 radical (unpaired) electrons. The molecule has 0 aromatic rings. The second kappa shape index (κ2) is 8.27. The van der Waals surface area contributed by atoms with E-state index in [-0.39, 0.29) is 12.6 Å². The van der Waals surface area contributed by atoms with Gasteiger partial charge in [-0.15, -0.1) is 0 Å². The Kier molecular flexibility index (Phi) is 7.70. The van der Waals surface area contributed by atoms with Gasteiger partial charge in [0.2, 0.25) is 0 Å². The van der Waals surface area contributed by atoms with E-state index < -0.39 is 0 Å². The third-order valence-corrected chi connectivity index (χ3v) is 1.29. The molecule has 3 nitrogen and oxygen atoms in total. The lowest BCUT2D eigenvalue weighted by atomic mass is 10.3. The van der Waals surface area contributed by atoms with E-state index >= 15 is 0 Å². The van der Waals surface area contributed by atoms with E-state index in [9.17, 15) is 4.79 Å². The van der Waals surface area contributed by atoms with Crippen LogP contribution >= 0.6 is 0 Å². The maximum Gasteiger partial charge on any atom is 0.330 e. The second-order valence-electron chi connectivity index (χ2n) is 2.44. The predicted molar refractivity (Wildman–Crippen MR) is 46.7 cm³/mol. The number of hydrogen-bond donors (Lipinski definition) is 1. The number of carbonyl (C=O) groups excluding carboxylic acids is 1. The Morgan fingerprint density at radius 2 is 2.33 bits per heavy atom. The van der Waals surface area contributed by atoms with Crippen LogP contribution in [0.2, 0.25) is 0 Å². The van der Waals surface area contributed by atoms with Crippen LogP contribution in [0.25, 0.3) is 0 Å². The molecule has 0 fully saturated rings. The zero-order chi connectivity index (χ0) is 9.23. The van der Waals surface area contributed by atoms with Gasteiger partial charge in [0.1, 0.15) is 0 Å². The lowest BCUT2D eigenvalue weighted by molar-refractivity contribution is -0.137. The summed E-state index contributed by atoms with van der Waals surface area (Å²) in [5.41, 5.74) is 0. The fraction of sp³-hybridized carbons (Fsp3) is 0.667. The Bertz CT molecular complexity index is 141. The molecule has 0 atom stereocenters. The van der Waals surface area contributed by atoms with Crippen LogP contribution in [0.15, 0.2) is 12.2 Å². The molecule has 0 unspecified atom stereocenters. The molecule has 0 spiro atoms. The monoisotopic (exact) mass is 172 g/mol. The Labute approximate surface area is 73.0 Å². The Balaban J connectivity index is 3.33. The molecular formula is C9H16O3. The van der Waals surface area contributed by atoms with E-state index in [0.29, 0.717) is 13.0 Å². The molecule has 3 heteroatoms.